The SMILES string of the molecule is CN(c1cc(N)ns1)C(C)(C)CO. The van der Waals surface area contributed by atoms with Gasteiger partial charge in [0, 0.05) is 13.1 Å². The first-order chi connectivity index (χ1) is 5.97. The molecule has 0 aliphatic rings. The van der Waals surface area contributed by atoms with E-state index >= 15 is 0 Å². The molecule has 3 N–H and O–H groups in total. The third-order valence-corrected chi connectivity index (χ3v) is 3.02. The molecule has 1 heterocycles. The number of hydrogen-bond donors (Lipinski definition) is 2. The Kier molecular flexibility index (Phi) is 2.77. The zero-order valence-corrected chi connectivity index (χ0v) is 8.93. The highest BCUT2D eigenvalue weighted by Crippen LogP contribution is 2.27. The van der Waals surface area contributed by atoms with Gasteiger partial charge in [-0.05, 0) is 25.4 Å². The largest absolute Gasteiger partial charge is 0.394 e. The van der Waals surface area contributed by atoms with Crippen molar-refractivity contribution in [1.29, 1.82) is 0 Å². The maximum Gasteiger partial charge on any atom is 0.139 e. The first-order valence-corrected chi connectivity index (χ1v) is 4.81. The molecule has 0 amide bonds. The second-order valence-electron chi connectivity index (χ2n) is 3.62. The average Bonchev–Trinajstić information content (AvgIpc) is 2.50. The minimum atomic E-state index is -0.279. The van der Waals surface area contributed by atoms with Crippen LogP contribution in [0.1, 0.15) is 13.8 Å². The van der Waals surface area contributed by atoms with Crippen LogP contribution in [0.15, 0.2) is 6.07 Å². The highest BCUT2D eigenvalue weighted by Gasteiger charge is 2.23. The van der Waals surface area contributed by atoms with Crippen molar-refractivity contribution in [3.63, 3.8) is 0 Å². The van der Waals surface area contributed by atoms with Gasteiger partial charge in [0.1, 0.15) is 10.8 Å². The van der Waals surface area contributed by atoms with Crippen LogP contribution in [0.5, 0.6) is 0 Å². The Morgan fingerprint density at radius 3 is 2.69 bits per heavy atom. The Labute approximate surface area is 82.2 Å². The van der Waals surface area contributed by atoms with Gasteiger partial charge < -0.3 is 15.7 Å². The summed E-state index contributed by atoms with van der Waals surface area (Å²) < 4.78 is 3.98. The number of nitrogens with zero attached hydrogens (tertiary/aromatic N) is 2. The number of aliphatic hydroxyl groups excluding tert-OH is 1. The predicted molar refractivity (Wildman–Crippen MR) is 56.1 cm³/mol. The number of aliphatic hydroxyl groups is 1. The fourth-order valence-corrected chi connectivity index (χ4v) is 1.64. The van der Waals surface area contributed by atoms with Gasteiger partial charge in [-0.1, -0.05) is 0 Å². The zero-order chi connectivity index (χ0) is 10.1. The summed E-state index contributed by atoms with van der Waals surface area (Å²) >= 11 is 1.34. The molecule has 1 aromatic rings. The number of nitrogens with two attached hydrogens (primary N) is 1. The molecule has 13 heavy (non-hydrogen) atoms. The van der Waals surface area contributed by atoms with Crippen LogP contribution in [-0.4, -0.2) is 28.7 Å². The molecule has 0 aromatic carbocycles. The van der Waals surface area contributed by atoms with E-state index in [0.717, 1.165) is 5.00 Å². The summed E-state index contributed by atoms with van der Waals surface area (Å²) in [5.41, 5.74) is 5.23. The fourth-order valence-electron chi connectivity index (χ4n) is 0.841. The normalized spacial score (nSPS) is 11.7. The summed E-state index contributed by atoms with van der Waals surface area (Å²) in [7, 11) is 1.92. The van der Waals surface area contributed by atoms with Crippen LogP contribution in [0, 0.1) is 0 Å². The van der Waals surface area contributed by atoms with Crippen molar-refractivity contribution in [2.75, 3.05) is 24.3 Å². The van der Waals surface area contributed by atoms with E-state index in [1.165, 1.54) is 11.5 Å². The van der Waals surface area contributed by atoms with Crippen LogP contribution in [0.2, 0.25) is 0 Å². The van der Waals surface area contributed by atoms with Gasteiger partial charge in [-0.2, -0.15) is 4.37 Å². The molecule has 4 nitrogen and oxygen atoms in total. The van der Waals surface area contributed by atoms with Crippen LogP contribution in [0.4, 0.5) is 10.8 Å². The molecule has 0 aliphatic carbocycles. The lowest BCUT2D eigenvalue weighted by Gasteiger charge is -2.34. The van der Waals surface area contributed by atoms with E-state index in [2.05, 4.69) is 4.37 Å². The Bertz CT molecular complexity index is 285. The molecule has 5 heteroatoms. The molecule has 0 unspecified atom stereocenters. The summed E-state index contributed by atoms with van der Waals surface area (Å²) in [4.78, 5) is 1.97. The van der Waals surface area contributed by atoms with Crippen molar-refractivity contribution in [3.05, 3.63) is 6.07 Å². The lowest BCUT2D eigenvalue weighted by atomic mass is 10.1. The number of rotatable bonds is 3. The predicted octanol–water partition coefficient (Wildman–Crippen LogP) is 0.932. The lowest BCUT2D eigenvalue weighted by Crippen LogP contribution is -2.44. The molecule has 0 radical (unpaired) electrons. The molecule has 0 spiro atoms. The minimum absolute atomic E-state index is 0.0985. The van der Waals surface area contributed by atoms with E-state index in [4.69, 9.17) is 10.8 Å². The van der Waals surface area contributed by atoms with Gasteiger partial charge in [0.05, 0.1) is 12.1 Å². The summed E-state index contributed by atoms with van der Waals surface area (Å²) in [5, 5.41) is 10.1. The topological polar surface area (TPSA) is 62.4 Å². The molecule has 0 fully saturated rings. The minimum Gasteiger partial charge on any atom is -0.394 e. The molecule has 0 saturated carbocycles. The standard InChI is InChI=1S/C8H15N3OS/c1-8(2,5-12)11(3)7-4-6(9)10-13-7/h4,12H,5H2,1-3H3,(H2,9,10). The van der Waals surface area contributed by atoms with Crippen molar-refractivity contribution in [1.82, 2.24) is 4.37 Å². The monoisotopic (exact) mass is 201 g/mol. The molecule has 0 saturated heterocycles. The van der Waals surface area contributed by atoms with E-state index in [1.54, 1.807) is 0 Å². The second kappa shape index (κ2) is 3.51. The molecule has 74 valence electrons. The van der Waals surface area contributed by atoms with Crippen LogP contribution in [0.25, 0.3) is 0 Å². The smallest absolute Gasteiger partial charge is 0.139 e. The second-order valence-corrected chi connectivity index (χ2v) is 4.40. The van der Waals surface area contributed by atoms with Crippen LogP contribution < -0.4 is 10.6 Å². The van der Waals surface area contributed by atoms with Gasteiger partial charge in [-0.3, -0.25) is 0 Å². The van der Waals surface area contributed by atoms with Crippen LogP contribution >= 0.6 is 11.5 Å². The summed E-state index contributed by atoms with van der Waals surface area (Å²) in [6, 6.07) is 1.81. The maximum atomic E-state index is 9.14. The third-order valence-electron chi connectivity index (χ3n) is 2.14. The summed E-state index contributed by atoms with van der Waals surface area (Å²) in [6.45, 7) is 4.02. The van der Waals surface area contributed by atoms with Crippen molar-refractivity contribution >= 4 is 22.4 Å². The van der Waals surface area contributed by atoms with E-state index in [-0.39, 0.29) is 12.1 Å². The van der Waals surface area contributed by atoms with Gasteiger partial charge in [0.25, 0.3) is 0 Å². The van der Waals surface area contributed by atoms with Crippen LogP contribution in [-0.2, 0) is 0 Å². The third kappa shape index (κ3) is 2.10. The van der Waals surface area contributed by atoms with Crippen molar-refractivity contribution in [2.45, 2.75) is 19.4 Å². The molecule has 0 bridgehead atoms. The summed E-state index contributed by atoms with van der Waals surface area (Å²) in [6.07, 6.45) is 0. The van der Waals surface area contributed by atoms with Gasteiger partial charge >= 0.3 is 0 Å². The highest BCUT2D eigenvalue weighted by molar-refractivity contribution is 7.10. The van der Waals surface area contributed by atoms with E-state index < -0.39 is 0 Å². The van der Waals surface area contributed by atoms with Crippen molar-refractivity contribution < 1.29 is 5.11 Å². The summed E-state index contributed by atoms with van der Waals surface area (Å²) in [5.74, 6) is 0.528. The molecule has 0 atom stereocenters. The van der Waals surface area contributed by atoms with Crippen molar-refractivity contribution in [2.24, 2.45) is 0 Å². The molecular formula is C8H15N3OS. The van der Waals surface area contributed by atoms with Gasteiger partial charge in [0.15, 0.2) is 0 Å². The molecule has 1 rings (SSSR count). The van der Waals surface area contributed by atoms with E-state index in [9.17, 15) is 0 Å². The van der Waals surface area contributed by atoms with Crippen LogP contribution in [0.3, 0.4) is 0 Å². The Hall–Kier alpha value is -0.810. The Balaban J connectivity index is 2.84. The van der Waals surface area contributed by atoms with E-state index in [0.29, 0.717) is 5.82 Å². The number of hydrogen-bond acceptors (Lipinski definition) is 5. The van der Waals surface area contributed by atoms with E-state index in [1.807, 2.05) is 31.9 Å². The van der Waals surface area contributed by atoms with Gasteiger partial charge in [-0.25, -0.2) is 0 Å². The first-order valence-electron chi connectivity index (χ1n) is 4.04. The number of nitrogen functional groups attached to an aromatic ring is 1. The van der Waals surface area contributed by atoms with Gasteiger partial charge in [-0.15, -0.1) is 0 Å². The fraction of sp³-hybridized carbons (Fsp3) is 0.625. The van der Waals surface area contributed by atoms with Gasteiger partial charge in [0.2, 0.25) is 0 Å². The average molecular weight is 201 g/mol. The molecular weight excluding hydrogens is 186 g/mol. The highest BCUT2D eigenvalue weighted by atomic mass is 32.1. The Morgan fingerprint density at radius 1 is 1.69 bits per heavy atom. The quantitative estimate of drug-likeness (QED) is 0.763. The number of likely N-dealkylation sites (N-methyl/N-ethyl adjacent to an activating group) is 1. The maximum absolute atomic E-state index is 9.14. The molecule has 1 aromatic heterocycles. The zero-order valence-electron chi connectivity index (χ0n) is 8.11. The Morgan fingerprint density at radius 2 is 2.31 bits per heavy atom. The molecule has 0 aliphatic heterocycles. The van der Waals surface area contributed by atoms with Crippen molar-refractivity contribution in [3.8, 4) is 0 Å². The lowest BCUT2D eigenvalue weighted by molar-refractivity contribution is 0.216. The number of anilines is 2. The number of aromatic nitrogens is 1. The first kappa shape index (κ1) is 10.3.